The predicted molar refractivity (Wildman–Crippen MR) is 84.3 cm³/mol. The molecular formula is C17H26N2. The molecule has 1 aromatic rings. The second-order valence-electron chi connectivity index (χ2n) is 5.41. The van der Waals surface area contributed by atoms with Gasteiger partial charge in [-0.25, -0.2) is 0 Å². The van der Waals surface area contributed by atoms with Gasteiger partial charge in [0.25, 0.3) is 0 Å². The average Bonchev–Trinajstić information content (AvgIpc) is 2.34. The van der Waals surface area contributed by atoms with Crippen molar-refractivity contribution in [3.05, 3.63) is 30.3 Å². The summed E-state index contributed by atoms with van der Waals surface area (Å²) in [5.74, 6) is 6.55. The molecule has 0 spiro atoms. The Morgan fingerprint density at radius 2 is 1.58 bits per heavy atom. The highest BCUT2D eigenvalue weighted by Crippen LogP contribution is 2.06. The Balaban J connectivity index is 2.49. The molecule has 1 unspecified atom stereocenters. The van der Waals surface area contributed by atoms with Gasteiger partial charge in [-0.05, 0) is 46.8 Å². The SMILES string of the molecule is CC(C#CCN(C(C)C)C(C)C)Nc1ccccc1. The zero-order valence-corrected chi connectivity index (χ0v) is 12.8. The summed E-state index contributed by atoms with van der Waals surface area (Å²) in [6, 6.07) is 11.4. The van der Waals surface area contributed by atoms with Crippen LogP contribution in [0, 0.1) is 11.8 Å². The molecule has 0 aromatic heterocycles. The van der Waals surface area contributed by atoms with Crippen LogP contribution in [0.15, 0.2) is 30.3 Å². The van der Waals surface area contributed by atoms with E-state index in [1.54, 1.807) is 0 Å². The van der Waals surface area contributed by atoms with Crippen molar-refractivity contribution in [1.29, 1.82) is 0 Å². The third-order valence-corrected chi connectivity index (χ3v) is 3.06. The average molecular weight is 258 g/mol. The van der Waals surface area contributed by atoms with Crippen molar-refractivity contribution in [3.8, 4) is 11.8 Å². The Kier molecular flexibility index (Phi) is 6.45. The maximum atomic E-state index is 3.38. The largest absolute Gasteiger partial charge is 0.372 e. The first-order valence-electron chi connectivity index (χ1n) is 7.06. The summed E-state index contributed by atoms with van der Waals surface area (Å²) in [5.41, 5.74) is 1.12. The van der Waals surface area contributed by atoms with Crippen LogP contribution < -0.4 is 5.32 Å². The van der Waals surface area contributed by atoms with E-state index < -0.39 is 0 Å². The van der Waals surface area contributed by atoms with Crippen molar-refractivity contribution in [2.75, 3.05) is 11.9 Å². The van der Waals surface area contributed by atoms with Gasteiger partial charge in [-0.2, -0.15) is 0 Å². The van der Waals surface area contributed by atoms with Crippen LogP contribution in [0.3, 0.4) is 0 Å². The van der Waals surface area contributed by atoms with Crippen LogP contribution in [0.5, 0.6) is 0 Å². The van der Waals surface area contributed by atoms with Gasteiger partial charge in [-0.3, -0.25) is 4.90 Å². The molecule has 0 saturated carbocycles. The van der Waals surface area contributed by atoms with Crippen LogP contribution in [0.4, 0.5) is 5.69 Å². The first kappa shape index (κ1) is 15.6. The molecule has 104 valence electrons. The van der Waals surface area contributed by atoms with Gasteiger partial charge in [0.2, 0.25) is 0 Å². The first-order valence-corrected chi connectivity index (χ1v) is 7.06. The maximum Gasteiger partial charge on any atom is 0.0849 e. The van der Waals surface area contributed by atoms with E-state index in [9.17, 15) is 0 Å². The van der Waals surface area contributed by atoms with Crippen LogP contribution >= 0.6 is 0 Å². The van der Waals surface area contributed by atoms with E-state index in [-0.39, 0.29) is 6.04 Å². The quantitative estimate of drug-likeness (QED) is 0.812. The Morgan fingerprint density at radius 1 is 1.00 bits per heavy atom. The minimum Gasteiger partial charge on any atom is -0.372 e. The van der Waals surface area contributed by atoms with Gasteiger partial charge in [0.15, 0.2) is 0 Å². The minimum absolute atomic E-state index is 0.170. The highest BCUT2D eigenvalue weighted by molar-refractivity contribution is 5.45. The number of benzene rings is 1. The Morgan fingerprint density at radius 3 is 2.11 bits per heavy atom. The molecule has 0 radical (unpaired) electrons. The predicted octanol–water partition coefficient (Wildman–Crippen LogP) is 3.61. The molecule has 0 amide bonds. The van der Waals surface area contributed by atoms with Crippen LogP contribution in [0.25, 0.3) is 0 Å². The summed E-state index contributed by atoms with van der Waals surface area (Å²) in [4.78, 5) is 2.39. The molecule has 0 aliphatic carbocycles. The van der Waals surface area contributed by atoms with E-state index >= 15 is 0 Å². The number of nitrogens with zero attached hydrogens (tertiary/aromatic N) is 1. The van der Waals surface area contributed by atoms with Gasteiger partial charge in [-0.15, -0.1) is 0 Å². The lowest BCUT2D eigenvalue weighted by Crippen LogP contribution is -2.37. The van der Waals surface area contributed by atoms with Crippen molar-refractivity contribution in [2.45, 2.75) is 52.7 Å². The second kappa shape index (κ2) is 7.86. The van der Waals surface area contributed by atoms with Gasteiger partial charge < -0.3 is 5.32 Å². The Labute approximate surface area is 118 Å². The molecular weight excluding hydrogens is 232 g/mol. The van der Waals surface area contributed by atoms with Gasteiger partial charge in [0.1, 0.15) is 0 Å². The van der Waals surface area contributed by atoms with Crippen molar-refractivity contribution in [3.63, 3.8) is 0 Å². The van der Waals surface area contributed by atoms with E-state index in [1.165, 1.54) is 0 Å². The maximum absolute atomic E-state index is 3.38. The summed E-state index contributed by atoms with van der Waals surface area (Å²) in [7, 11) is 0. The topological polar surface area (TPSA) is 15.3 Å². The van der Waals surface area contributed by atoms with Crippen molar-refractivity contribution >= 4 is 5.69 Å². The van der Waals surface area contributed by atoms with Crippen molar-refractivity contribution < 1.29 is 0 Å². The number of anilines is 1. The molecule has 0 aliphatic rings. The van der Waals surface area contributed by atoms with Crippen LogP contribution in [-0.2, 0) is 0 Å². The number of rotatable bonds is 5. The summed E-state index contributed by atoms with van der Waals surface area (Å²) < 4.78 is 0. The smallest absolute Gasteiger partial charge is 0.0849 e. The fourth-order valence-corrected chi connectivity index (χ4v) is 2.07. The van der Waals surface area contributed by atoms with E-state index in [0.29, 0.717) is 12.1 Å². The van der Waals surface area contributed by atoms with E-state index in [0.717, 1.165) is 12.2 Å². The molecule has 0 aliphatic heterocycles. The molecule has 2 heteroatoms. The highest BCUT2D eigenvalue weighted by Gasteiger charge is 2.11. The van der Waals surface area contributed by atoms with Crippen molar-refractivity contribution in [2.24, 2.45) is 0 Å². The molecule has 0 fully saturated rings. The minimum atomic E-state index is 0.170. The third kappa shape index (κ3) is 5.81. The molecule has 19 heavy (non-hydrogen) atoms. The molecule has 0 bridgehead atoms. The summed E-state index contributed by atoms with van der Waals surface area (Å²) in [6.45, 7) is 11.8. The Bertz CT molecular complexity index is 404. The number of hydrogen-bond acceptors (Lipinski definition) is 2. The van der Waals surface area contributed by atoms with Crippen LogP contribution in [0.1, 0.15) is 34.6 Å². The van der Waals surface area contributed by atoms with E-state index in [2.05, 4.69) is 68.8 Å². The first-order chi connectivity index (χ1) is 9.00. The summed E-state index contributed by atoms with van der Waals surface area (Å²) in [6.07, 6.45) is 0. The molecule has 0 heterocycles. The van der Waals surface area contributed by atoms with E-state index in [4.69, 9.17) is 0 Å². The molecule has 1 atom stereocenters. The fourth-order valence-electron chi connectivity index (χ4n) is 2.07. The standard InChI is InChI=1S/C17H26N2/c1-14(2)19(15(3)4)13-9-10-16(5)18-17-11-7-6-8-12-17/h6-8,11-12,14-16,18H,13H2,1-5H3. The molecule has 1 rings (SSSR count). The second-order valence-corrected chi connectivity index (χ2v) is 5.41. The lowest BCUT2D eigenvalue weighted by atomic mass is 10.2. The zero-order chi connectivity index (χ0) is 14.3. The lowest BCUT2D eigenvalue weighted by molar-refractivity contribution is 0.200. The van der Waals surface area contributed by atoms with Gasteiger partial charge in [-0.1, -0.05) is 30.0 Å². The highest BCUT2D eigenvalue weighted by atomic mass is 15.2. The molecule has 0 saturated heterocycles. The summed E-state index contributed by atoms with van der Waals surface area (Å²) >= 11 is 0. The summed E-state index contributed by atoms with van der Waals surface area (Å²) in [5, 5.41) is 3.38. The lowest BCUT2D eigenvalue weighted by Gasteiger charge is -2.28. The van der Waals surface area contributed by atoms with Gasteiger partial charge >= 0.3 is 0 Å². The van der Waals surface area contributed by atoms with Gasteiger partial charge in [0, 0.05) is 17.8 Å². The fraction of sp³-hybridized carbons (Fsp3) is 0.529. The number of hydrogen-bond donors (Lipinski definition) is 1. The Hall–Kier alpha value is -1.46. The van der Waals surface area contributed by atoms with Gasteiger partial charge in [0.05, 0.1) is 12.6 Å². The van der Waals surface area contributed by atoms with E-state index in [1.807, 2.05) is 18.2 Å². The zero-order valence-electron chi connectivity index (χ0n) is 12.8. The van der Waals surface area contributed by atoms with Crippen LogP contribution in [-0.4, -0.2) is 29.6 Å². The molecule has 1 N–H and O–H groups in total. The third-order valence-electron chi connectivity index (χ3n) is 3.06. The number of nitrogens with one attached hydrogen (secondary N) is 1. The normalized spacial score (nSPS) is 12.4. The number of para-hydroxylation sites is 1. The monoisotopic (exact) mass is 258 g/mol. The van der Waals surface area contributed by atoms with Crippen LogP contribution in [0.2, 0.25) is 0 Å². The van der Waals surface area contributed by atoms with Crippen molar-refractivity contribution in [1.82, 2.24) is 4.90 Å². The molecule has 1 aromatic carbocycles. The molecule has 2 nitrogen and oxygen atoms in total.